The van der Waals surface area contributed by atoms with Crippen molar-refractivity contribution in [2.45, 2.75) is 76.5 Å². The molecule has 17 heavy (non-hydrogen) atoms. The molecule has 1 heterocycles. The Morgan fingerprint density at radius 1 is 1.18 bits per heavy atom. The van der Waals surface area contributed by atoms with Crippen molar-refractivity contribution in [2.75, 3.05) is 6.54 Å². The molecule has 0 aliphatic carbocycles. The van der Waals surface area contributed by atoms with Crippen molar-refractivity contribution in [2.24, 2.45) is 0 Å². The molecule has 3 heteroatoms. The molecule has 1 rings (SSSR count). The third-order valence-electron chi connectivity index (χ3n) is 3.54. The number of likely N-dealkylation sites (tertiary alicyclic amines) is 1. The molecule has 100 valence electrons. The van der Waals surface area contributed by atoms with E-state index in [9.17, 15) is 4.79 Å². The fraction of sp³-hybridized carbons (Fsp3) is 0.929. The first-order chi connectivity index (χ1) is 8.25. The predicted molar refractivity (Wildman–Crippen MR) is 76.3 cm³/mol. The van der Waals surface area contributed by atoms with E-state index < -0.39 is 0 Å². The van der Waals surface area contributed by atoms with Crippen molar-refractivity contribution in [3.05, 3.63) is 0 Å². The van der Waals surface area contributed by atoms with Gasteiger partial charge in [-0.2, -0.15) is 12.6 Å². The zero-order valence-corrected chi connectivity index (χ0v) is 12.1. The number of carbonyl (C=O) groups excluding carboxylic acids is 1. The first-order valence-electron chi connectivity index (χ1n) is 7.23. The van der Waals surface area contributed by atoms with Gasteiger partial charge in [0.25, 0.3) is 0 Å². The van der Waals surface area contributed by atoms with Crippen molar-refractivity contribution in [3.63, 3.8) is 0 Å². The maximum atomic E-state index is 11.5. The van der Waals surface area contributed by atoms with Crippen LogP contribution in [-0.4, -0.2) is 22.7 Å². The van der Waals surface area contributed by atoms with Gasteiger partial charge in [0.2, 0.25) is 5.91 Å². The fourth-order valence-corrected chi connectivity index (χ4v) is 2.85. The smallest absolute Gasteiger partial charge is 0.223 e. The molecule has 0 saturated carbocycles. The molecule has 0 N–H and O–H groups in total. The standard InChI is InChI=1S/C14H27NOS/c1-2-3-4-5-6-7-8-11-14(17)15-12-9-10-13(15)16/h14,17H,2-12H2,1H3. The Bertz CT molecular complexity index is 220. The summed E-state index contributed by atoms with van der Waals surface area (Å²) in [5, 5.41) is 0.167. The van der Waals surface area contributed by atoms with Crippen LogP contribution in [0.3, 0.4) is 0 Å². The molecule has 1 aliphatic rings. The van der Waals surface area contributed by atoms with Crippen molar-refractivity contribution in [1.82, 2.24) is 4.90 Å². The van der Waals surface area contributed by atoms with Crippen LogP contribution in [0.2, 0.25) is 0 Å². The summed E-state index contributed by atoms with van der Waals surface area (Å²) in [7, 11) is 0. The first-order valence-corrected chi connectivity index (χ1v) is 7.75. The van der Waals surface area contributed by atoms with Gasteiger partial charge in [-0.15, -0.1) is 0 Å². The Labute approximate surface area is 112 Å². The third kappa shape index (κ3) is 5.80. The summed E-state index contributed by atoms with van der Waals surface area (Å²) in [5.41, 5.74) is 0. The second-order valence-corrected chi connectivity index (χ2v) is 5.68. The maximum absolute atomic E-state index is 11.5. The molecule has 0 aromatic rings. The molecule has 0 bridgehead atoms. The van der Waals surface area contributed by atoms with Gasteiger partial charge in [0.05, 0.1) is 5.37 Å². The van der Waals surface area contributed by atoms with E-state index in [0.29, 0.717) is 5.91 Å². The van der Waals surface area contributed by atoms with Crippen LogP contribution in [0, 0.1) is 0 Å². The van der Waals surface area contributed by atoms with Gasteiger partial charge in [-0.25, -0.2) is 0 Å². The zero-order chi connectivity index (χ0) is 12.5. The second kappa shape index (κ2) is 8.84. The molecular formula is C14H27NOS. The number of amides is 1. The van der Waals surface area contributed by atoms with Gasteiger partial charge < -0.3 is 4.90 Å². The Kier molecular flexibility index (Phi) is 7.74. The van der Waals surface area contributed by atoms with E-state index in [1.807, 2.05) is 4.90 Å². The number of unbranched alkanes of at least 4 members (excludes halogenated alkanes) is 6. The largest absolute Gasteiger partial charge is 0.331 e. The number of hydrogen-bond acceptors (Lipinski definition) is 2. The monoisotopic (exact) mass is 257 g/mol. The van der Waals surface area contributed by atoms with Crippen molar-refractivity contribution in [1.29, 1.82) is 0 Å². The van der Waals surface area contributed by atoms with Gasteiger partial charge in [-0.05, 0) is 12.8 Å². The SMILES string of the molecule is CCCCCCCCCC(S)N1CCCC1=O. The Morgan fingerprint density at radius 2 is 1.82 bits per heavy atom. The van der Waals surface area contributed by atoms with Crippen LogP contribution in [-0.2, 0) is 4.79 Å². The van der Waals surface area contributed by atoms with Gasteiger partial charge in [0.1, 0.15) is 0 Å². The lowest BCUT2D eigenvalue weighted by Crippen LogP contribution is -2.32. The highest BCUT2D eigenvalue weighted by molar-refractivity contribution is 7.80. The first kappa shape index (κ1) is 14.9. The van der Waals surface area contributed by atoms with Gasteiger partial charge in [0.15, 0.2) is 0 Å². The molecule has 1 unspecified atom stereocenters. The normalized spacial score (nSPS) is 17.8. The molecule has 0 radical (unpaired) electrons. The van der Waals surface area contributed by atoms with Crippen LogP contribution < -0.4 is 0 Å². The highest BCUT2D eigenvalue weighted by Crippen LogP contribution is 2.20. The van der Waals surface area contributed by atoms with E-state index >= 15 is 0 Å². The molecule has 1 atom stereocenters. The van der Waals surface area contributed by atoms with E-state index in [2.05, 4.69) is 19.6 Å². The van der Waals surface area contributed by atoms with E-state index in [-0.39, 0.29) is 5.37 Å². The topological polar surface area (TPSA) is 20.3 Å². The molecule has 1 fully saturated rings. The summed E-state index contributed by atoms with van der Waals surface area (Å²) < 4.78 is 0. The minimum Gasteiger partial charge on any atom is -0.331 e. The van der Waals surface area contributed by atoms with E-state index in [1.54, 1.807) is 0 Å². The van der Waals surface area contributed by atoms with E-state index in [4.69, 9.17) is 0 Å². The van der Waals surface area contributed by atoms with Gasteiger partial charge in [-0.3, -0.25) is 4.79 Å². The van der Waals surface area contributed by atoms with Crippen LogP contribution in [0.25, 0.3) is 0 Å². The lowest BCUT2D eigenvalue weighted by Gasteiger charge is -2.23. The molecular weight excluding hydrogens is 230 g/mol. The van der Waals surface area contributed by atoms with Crippen molar-refractivity contribution >= 4 is 18.5 Å². The maximum Gasteiger partial charge on any atom is 0.223 e. The minimum absolute atomic E-state index is 0.167. The highest BCUT2D eigenvalue weighted by atomic mass is 32.1. The molecule has 1 aliphatic heterocycles. The number of thiol groups is 1. The third-order valence-corrected chi connectivity index (χ3v) is 4.07. The quantitative estimate of drug-likeness (QED) is 0.489. The Hall–Kier alpha value is -0.180. The molecule has 0 aromatic carbocycles. The number of carbonyl (C=O) groups is 1. The van der Waals surface area contributed by atoms with Crippen LogP contribution in [0.15, 0.2) is 0 Å². The van der Waals surface area contributed by atoms with Crippen LogP contribution >= 0.6 is 12.6 Å². The molecule has 2 nitrogen and oxygen atoms in total. The average molecular weight is 257 g/mol. The second-order valence-electron chi connectivity index (χ2n) is 5.08. The lowest BCUT2D eigenvalue weighted by atomic mass is 10.1. The summed E-state index contributed by atoms with van der Waals surface area (Å²) in [6.45, 7) is 3.17. The van der Waals surface area contributed by atoms with E-state index in [1.165, 1.54) is 44.9 Å². The van der Waals surface area contributed by atoms with Crippen LogP contribution in [0.4, 0.5) is 0 Å². The summed E-state index contributed by atoms with van der Waals surface area (Å²) in [4.78, 5) is 13.4. The van der Waals surface area contributed by atoms with Crippen molar-refractivity contribution in [3.8, 4) is 0 Å². The highest BCUT2D eigenvalue weighted by Gasteiger charge is 2.24. The van der Waals surface area contributed by atoms with Crippen LogP contribution in [0.5, 0.6) is 0 Å². The fourth-order valence-electron chi connectivity index (χ4n) is 2.42. The van der Waals surface area contributed by atoms with Gasteiger partial charge in [-0.1, -0.05) is 51.9 Å². The summed E-state index contributed by atoms with van der Waals surface area (Å²) >= 11 is 4.55. The molecule has 0 spiro atoms. The number of nitrogens with zero attached hydrogens (tertiary/aromatic N) is 1. The predicted octanol–water partition coefficient (Wildman–Crippen LogP) is 4.01. The molecule has 1 saturated heterocycles. The van der Waals surface area contributed by atoms with Gasteiger partial charge >= 0.3 is 0 Å². The Balaban J connectivity index is 1.96. The van der Waals surface area contributed by atoms with Gasteiger partial charge in [0, 0.05) is 13.0 Å². The number of hydrogen-bond donors (Lipinski definition) is 1. The van der Waals surface area contributed by atoms with Crippen LogP contribution in [0.1, 0.15) is 71.1 Å². The van der Waals surface area contributed by atoms with Crippen molar-refractivity contribution < 1.29 is 4.79 Å². The minimum atomic E-state index is 0.167. The Morgan fingerprint density at radius 3 is 2.41 bits per heavy atom. The number of rotatable bonds is 9. The lowest BCUT2D eigenvalue weighted by molar-refractivity contribution is -0.128. The molecule has 0 aromatic heterocycles. The van der Waals surface area contributed by atoms with E-state index in [0.717, 1.165) is 25.8 Å². The summed E-state index contributed by atoms with van der Waals surface area (Å²) in [6.07, 6.45) is 12.1. The average Bonchev–Trinajstić information content (AvgIpc) is 2.74. The summed E-state index contributed by atoms with van der Waals surface area (Å²) in [6, 6.07) is 0. The molecule has 1 amide bonds. The zero-order valence-electron chi connectivity index (χ0n) is 11.2. The summed E-state index contributed by atoms with van der Waals surface area (Å²) in [5.74, 6) is 0.299.